The third kappa shape index (κ3) is 3.50. The summed E-state index contributed by atoms with van der Waals surface area (Å²) in [4.78, 5) is 14.1. The summed E-state index contributed by atoms with van der Waals surface area (Å²) < 4.78 is 31.8. The summed E-state index contributed by atoms with van der Waals surface area (Å²) in [5, 5.41) is 2.54. The second kappa shape index (κ2) is 5.97. The van der Waals surface area contributed by atoms with Gasteiger partial charge in [-0.1, -0.05) is 0 Å². The zero-order valence-electron chi connectivity index (χ0n) is 11.6. The molecule has 2 amide bonds. The van der Waals surface area contributed by atoms with E-state index in [1.807, 2.05) is 0 Å². The molecule has 1 N–H and O–H groups in total. The van der Waals surface area contributed by atoms with Crippen LogP contribution in [0.2, 0.25) is 0 Å². The van der Waals surface area contributed by atoms with E-state index >= 15 is 0 Å². The van der Waals surface area contributed by atoms with Crippen LogP contribution >= 0.6 is 0 Å². The number of benzene rings is 1. The van der Waals surface area contributed by atoms with Gasteiger partial charge >= 0.3 is 6.03 Å². The summed E-state index contributed by atoms with van der Waals surface area (Å²) in [7, 11) is 0. The minimum atomic E-state index is -0.761. The number of halogens is 2. The molecule has 1 aromatic carbocycles. The van der Waals surface area contributed by atoms with Crippen molar-refractivity contribution in [3.05, 3.63) is 29.8 Å². The number of hydrogen-bond acceptors (Lipinski definition) is 2. The summed E-state index contributed by atoms with van der Waals surface area (Å²) in [6.45, 7) is 2.03. The fraction of sp³-hybridized carbons (Fsp3) is 0.533. The Morgan fingerprint density at radius 2 is 2.14 bits per heavy atom. The highest BCUT2D eigenvalue weighted by Crippen LogP contribution is 2.30. The fourth-order valence-electron chi connectivity index (χ4n) is 2.57. The van der Waals surface area contributed by atoms with Crippen LogP contribution in [0, 0.1) is 17.6 Å². The molecule has 0 spiro atoms. The van der Waals surface area contributed by atoms with E-state index in [0.717, 1.165) is 38.0 Å². The molecule has 0 bridgehead atoms. The van der Waals surface area contributed by atoms with Crippen molar-refractivity contribution in [2.24, 2.45) is 5.92 Å². The molecule has 4 nitrogen and oxygen atoms in total. The molecule has 1 unspecified atom stereocenters. The molecule has 1 aliphatic carbocycles. The molecule has 21 heavy (non-hydrogen) atoms. The van der Waals surface area contributed by atoms with Crippen LogP contribution in [-0.2, 0) is 4.74 Å². The second-order valence-corrected chi connectivity index (χ2v) is 5.67. The zero-order chi connectivity index (χ0) is 14.8. The van der Waals surface area contributed by atoms with Gasteiger partial charge in [-0.2, -0.15) is 0 Å². The van der Waals surface area contributed by atoms with E-state index in [2.05, 4.69) is 5.32 Å². The van der Waals surface area contributed by atoms with Crippen molar-refractivity contribution < 1.29 is 18.3 Å². The predicted molar refractivity (Wildman–Crippen MR) is 74.0 cm³/mol. The lowest BCUT2D eigenvalue weighted by Crippen LogP contribution is -2.40. The van der Waals surface area contributed by atoms with E-state index in [4.69, 9.17) is 4.74 Å². The van der Waals surface area contributed by atoms with Gasteiger partial charge in [0.2, 0.25) is 0 Å². The van der Waals surface area contributed by atoms with Crippen LogP contribution in [0.25, 0.3) is 0 Å². The van der Waals surface area contributed by atoms with Gasteiger partial charge in [0, 0.05) is 31.2 Å². The Bertz CT molecular complexity index is 528. The molecule has 1 aliphatic heterocycles. The molecule has 1 atom stereocenters. The predicted octanol–water partition coefficient (Wildman–Crippen LogP) is 3.00. The maximum Gasteiger partial charge on any atom is 0.322 e. The molecule has 0 radical (unpaired) electrons. The molecule has 1 saturated heterocycles. The van der Waals surface area contributed by atoms with Gasteiger partial charge in [0.05, 0.1) is 12.3 Å². The Kier molecular flexibility index (Phi) is 4.05. The Balaban J connectivity index is 1.66. The van der Waals surface area contributed by atoms with E-state index in [1.54, 1.807) is 4.90 Å². The van der Waals surface area contributed by atoms with Crippen LogP contribution in [0.5, 0.6) is 0 Å². The summed E-state index contributed by atoms with van der Waals surface area (Å²) in [6.07, 6.45) is 2.90. The van der Waals surface area contributed by atoms with E-state index < -0.39 is 11.6 Å². The zero-order valence-corrected chi connectivity index (χ0v) is 11.6. The standard InChI is InChI=1S/C15H18F2N2O2/c16-11-1-4-14(13(17)7-11)18-15(20)19(12-2-3-12)8-10-5-6-21-9-10/h1,4,7,10,12H,2-3,5-6,8-9H2,(H,18,20). The number of anilines is 1. The highest BCUT2D eigenvalue weighted by Gasteiger charge is 2.35. The minimum absolute atomic E-state index is 0.00900. The van der Waals surface area contributed by atoms with Gasteiger partial charge in [-0.15, -0.1) is 0 Å². The van der Waals surface area contributed by atoms with Gasteiger partial charge in [0.25, 0.3) is 0 Å². The smallest absolute Gasteiger partial charge is 0.322 e. The van der Waals surface area contributed by atoms with Crippen LogP contribution in [-0.4, -0.2) is 36.7 Å². The third-order valence-corrected chi connectivity index (χ3v) is 3.90. The van der Waals surface area contributed by atoms with Crippen molar-refractivity contribution in [1.82, 2.24) is 4.90 Å². The largest absolute Gasteiger partial charge is 0.381 e. The lowest BCUT2D eigenvalue weighted by molar-refractivity contribution is 0.167. The van der Waals surface area contributed by atoms with Crippen LogP contribution in [0.15, 0.2) is 18.2 Å². The number of amides is 2. The van der Waals surface area contributed by atoms with E-state index in [-0.39, 0.29) is 17.8 Å². The number of urea groups is 1. The van der Waals surface area contributed by atoms with Crippen LogP contribution in [0.4, 0.5) is 19.3 Å². The van der Waals surface area contributed by atoms with Crippen LogP contribution in [0.3, 0.4) is 0 Å². The van der Waals surface area contributed by atoms with Crippen molar-refractivity contribution in [2.75, 3.05) is 25.1 Å². The molecule has 1 aromatic rings. The Labute approximate surface area is 122 Å². The van der Waals surface area contributed by atoms with Gasteiger partial charge in [-0.25, -0.2) is 13.6 Å². The maximum absolute atomic E-state index is 13.6. The minimum Gasteiger partial charge on any atom is -0.381 e. The highest BCUT2D eigenvalue weighted by atomic mass is 19.1. The molecule has 2 aliphatic rings. The molecule has 6 heteroatoms. The third-order valence-electron chi connectivity index (χ3n) is 3.90. The Hall–Kier alpha value is -1.69. The first-order valence-corrected chi connectivity index (χ1v) is 7.24. The summed E-state index contributed by atoms with van der Waals surface area (Å²) in [6, 6.07) is 3.04. The number of carbonyl (C=O) groups excluding carboxylic acids is 1. The first-order valence-electron chi connectivity index (χ1n) is 7.24. The SMILES string of the molecule is O=C(Nc1ccc(F)cc1F)N(CC1CCOC1)C1CC1. The molecule has 114 valence electrons. The van der Waals surface area contributed by atoms with Crippen molar-refractivity contribution in [3.63, 3.8) is 0 Å². The lowest BCUT2D eigenvalue weighted by Gasteiger charge is -2.25. The van der Waals surface area contributed by atoms with Gasteiger partial charge in [0.15, 0.2) is 0 Å². The molecular formula is C15H18F2N2O2. The molecular weight excluding hydrogens is 278 g/mol. The summed E-state index contributed by atoms with van der Waals surface area (Å²) >= 11 is 0. The first kappa shape index (κ1) is 14.3. The quantitative estimate of drug-likeness (QED) is 0.928. The van der Waals surface area contributed by atoms with Crippen molar-refractivity contribution >= 4 is 11.7 Å². The first-order chi connectivity index (χ1) is 10.1. The fourth-order valence-corrected chi connectivity index (χ4v) is 2.57. The van der Waals surface area contributed by atoms with Gasteiger partial charge in [-0.3, -0.25) is 0 Å². The lowest BCUT2D eigenvalue weighted by atomic mass is 10.1. The number of carbonyl (C=O) groups is 1. The molecule has 2 fully saturated rings. The average Bonchev–Trinajstić information content (AvgIpc) is 3.16. The summed E-state index contributed by atoms with van der Waals surface area (Å²) in [5.74, 6) is -1.08. The topological polar surface area (TPSA) is 41.6 Å². The number of nitrogens with one attached hydrogen (secondary N) is 1. The van der Waals surface area contributed by atoms with Crippen molar-refractivity contribution in [1.29, 1.82) is 0 Å². The summed E-state index contributed by atoms with van der Waals surface area (Å²) in [5.41, 5.74) is 0.00900. The monoisotopic (exact) mass is 296 g/mol. The van der Waals surface area contributed by atoms with Gasteiger partial charge in [0.1, 0.15) is 11.6 Å². The van der Waals surface area contributed by atoms with E-state index in [1.165, 1.54) is 6.07 Å². The van der Waals surface area contributed by atoms with E-state index in [9.17, 15) is 13.6 Å². The molecule has 3 rings (SSSR count). The van der Waals surface area contributed by atoms with Crippen LogP contribution in [0.1, 0.15) is 19.3 Å². The Morgan fingerprint density at radius 1 is 1.33 bits per heavy atom. The molecule has 0 aromatic heterocycles. The molecule has 1 heterocycles. The van der Waals surface area contributed by atoms with Gasteiger partial charge < -0.3 is 15.0 Å². The highest BCUT2D eigenvalue weighted by molar-refractivity contribution is 5.89. The van der Waals surface area contributed by atoms with E-state index in [0.29, 0.717) is 19.1 Å². The van der Waals surface area contributed by atoms with Crippen molar-refractivity contribution in [2.45, 2.75) is 25.3 Å². The van der Waals surface area contributed by atoms with Crippen molar-refractivity contribution in [3.8, 4) is 0 Å². The number of rotatable bonds is 4. The second-order valence-electron chi connectivity index (χ2n) is 5.67. The number of ether oxygens (including phenoxy) is 1. The number of hydrogen-bond donors (Lipinski definition) is 1. The van der Waals surface area contributed by atoms with Crippen LogP contribution < -0.4 is 5.32 Å². The number of nitrogens with zero attached hydrogens (tertiary/aromatic N) is 1. The maximum atomic E-state index is 13.6. The average molecular weight is 296 g/mol. The normalized spacial score (nSPS) is 21.3. The molecule has 1 saturated carbocycles. The Morgan fingerprint density at radius 3 is 2.76 bits per heavy atom. The van der Waals surface area contributed by atoms with Gasteiger partial charge in [-0.05, 0) is 31.4 Å².